The van der Waals surface area contributed by atoms with Crippen LogP contribution < -0.4 is 0 Å². The third-order valence-corrected chi connectivity index (χ3v) is 4.35. The molecule has 98 valence electrons. The van der Waals surface area contributed by atoms with Gasteiger partial charge in [0.05, 0.1) is 5.84 Å². The molecular weight excluding hydrogens is 212 g/mol. The van der Waals surface area contributed by atoms with Crippen LogP contribution in [0, 0.1) is 17.2 Å². The van der Waals surface area contributed by atoms with Crippen LogP contribution in [-0.4, -0.2) is 37.5 Å². The van der Waals surface area contributed by atoms with Crippen molar-refractivity contribution in [1.29, 1.82) is 5.41 Å². The van der Waals surface area contributed by atoms with Crippen molar-refractivity contribution in [3.63, 3.8) is 0 Å². The number of hydrogen-bond acceptors (Lipinski definition) is 2. The molecule has 0 atom stereocenters. The fraction of sp³-hybridized carbons (Fsp3) is 0.929. The molecule has 0 radical (unpaired) electrons. The van der Waals surface area contributed by atoms with E-state index in [2.05, 4.69) is 4.90 Å². The first kappa shape index (κ1) is 12.9. The van der Waals surface area contributed by atoms with E-state index in [0.717, 1.165) is 31.4 Å². The highest BCUT2D eigenvalue weighted by atomic mass is 16.5. The van der Waals surface area contributed by atoms with Gasteiger partial charge in [-0.3, -0.25) is 5.41 Å². The minimum absolute atomic E-state index is 0.558. The van der Waals surface area contributed by atoms with E-state index < -0.39 is 0 Å². The molecule has 1 aliphatic carbocycles. The molecule has 0 aromatic heterocycles. The number of rotatable bonds is 3. The Balaban J connectivity index is 1.77. The van der Waals surface area contributed by atoms with Gasteiger partial charge in [0.1, 0.15) is 0 Å². The predicted molar refractivity (Wildman–Crippen MR) is 70.5 cm³/mol. The average Bonchev–Trinajstić information content (AvgIpc) is 2.40. The molecule has 0 bridgehead atoms. The zero-order chi connectivity index (χ0) is 12.1. The van der Waals surface area contributed by atoms with Gasteiger partial charge in [0, 0.05) is 32.7 Å². The van der Waals surface area contributed by atoms with Crippen molar-refractivity contribution in [3.8, 4) is 0 Å². The molecule has 1 saturated heterocycles. The summed E-state index contributed by atoms with van der Waals surface area (Å²) in [6, 6.07) is 0. The number of nitrogens with one attached hydrogen (secondary N) is 1. The molecule has 3 nitrogen and oxygen atoms in total. The van der Waals surface area contributed by atoms with E-state index in [1.165, 1.54) is 44.9 Å². The molecule has 2 rings (SSSR count). The largest absolute Gasteiger partial charge is 0.384 e. The molecule has 3 heteroatoms. The minimum atomic E-state index is 0.558. The maximum Gasteiger partial charge on any atom is 0.0989 e. The van der Waals surface area contributed by atoms with Crippen molar-refractivity contribution in [2.45, 2.75) is 44.9 Å². The van der Waals surface area contributed by atoms with Crippen molar-refractivity contribution < 1.29 is 4.74 Å². The Bertz CT molecular complexity index is 241. The molecule has 0 spiro atoms. The molecule has 1 heterocycles. The lowest BCUT2D eigenvalue weighted by molar-refractivity contribution is 0.117. The van der Waals surface area contributed by atoms with Crippen molar-refractivity contribution >= 4 is 5.84 Å². The van der Waals surface area contributed by atoms with Crippen molar-refractivity contribution in [2.75, 3.05) is 26.8 Å². The molecule has 1 N–H and O–H groups in total. The molecule has 0 aromatic carbocycles. The van der Waals surface area contributed by atoms with Crippen LogP contribution in [0.25, 0.3) is 0 Å². The van der Waals surface area contributed by atoms with Crippen LogP contribution in [0.15, 0.2) is 0 Å². The van der Waals surface area contributed by atoms with Crippen LogP contribution in [-0.2, 0) is 4.74 Å². The van der Waals surface area contributed by atoms with E-state index in [-0.39, 0.29) is 0 Å². The fourth-order valence-corrected chi connectivity index (χ4v) is 3.21. The van der Waals surface area contributed by atoms with Gasteiger partial charge in [-0.05, 0) is 31.6 Å². The summed E-state index contributed by atoms with van der Waals surface area (Å²) in [4.78, 5) is 2.32. The highest BCUT2D eigenvalue weighted by Gasteiger charge is 2.26. The summed E-state index contributed by atoms with van der Waals surface area (Å²) in [6.45, 7) is 3.04. The first-order chi connectivity index (χ1) is 8.31. The summed E-state index contributed by atoms with van der Waals surface area (Å²) in [5.74, 6) is 2.21. The van der Waals surface area contributed by atoms with E-state index in [1.807, 2.05) is 0 Å². The van der Waals surface area contributed by atoms with Gasteiger partial charge in [-0.15, -0.1) is 0 Å². The first-order valence-electron chi connectivity index (χ1n) is 7.13. The van der Waals surface area contributed by atoms with Gasteiger partial charge in [-0.2, -0.15) is 0 Å². The quantitative estimate of drug-likeness (QED) is 0.606. The Morgan fingerprint density at radius 3 is 2.35 bits per heavy atom. The zero-order valence-corrected chi connectivity index (χ0v) is 11.1. The lowest BCUT2D eigenvalue weighted by Crippen LogP contribution is -2.42. The summed E-state index contributed by atoms with van der Waals surface area (Å²) in [5, 5.41) is 8.34. The number of nitrogens with zero attached hydrogens (tertiary/aromatic N) is 1. The number of amidine groups is 1. The molecule has 2 aliphatic rings. The Morgan fingerprint density at radius 2 is 1.76 bits per heavy atom. The number of ether oxygens (including phenoxy) is 1. The van der Waals surface area contributed by atoms with Gasteiger partial charge >= 0.3 is 0 Å². The Morgan fingerprint density at radius 1 is 1.12 bits per heavy atom. The molecule has 2 fully saturated rings. The van der Waals surface area contributed by atoms with Crippen LogP contribution in [0.4, 0.5) is 0 Å². The standard InChI is InChI=1S/C14H26N2O/c1-17-11-12-7-9-16(10-8-12)14(15)13-5-3-2-4-6-13/h12-13,15H,2-11H2,1H3. The Kier molecular flexibility index (Phi) is 4.84. The average molecular weight is 238 g/mol. The maximum absolute atomic E-state index is 8.34. The smallest absolute Gasteiger partial charge is 0.0989 e. The third kappa shape index (κ3) is 3.44. The van der Waals surface area contributed by atoms with Gasteiger partial charge < -0.3 is 9.64 Å². The molecular formula is C14H26N2O. The Hall–Kier alpha value is -0.570. The zero-order valence-electron chi connectivity index (χ0n) is 11.1. The van der Waals surface area contributed by atoms with Crippen LogP contribution >= 0.6 is 0 Å². The molecule has 1 aliphatic heterocycles. The topological polar surface area (TPSA) is 36.3 Å². The summed E-state index contributed by atoms with van der Waals surface area (Å²) < 4.78 is 5.22. The van der Waals surface area contributed by atoms with Crippen molar-refractivity contribution in [2.24, 2.45) is 11.8 Å². The summed E-state index contributed by atoms with van der Waals surface area (Å²) in [6.07, 6.45) is 8.92. The predicted octanol–water partition coefficient (Wildman–Crippen LogP) is 2.90. The van der Waals surface area contributed by atoms with Gasteiger partial charge in [0.25, 0.3) is 0 Å². The second kappa shape index (κ2) is 6.39. The third-order valence-electron chi connectivity index (χ3n) is 4.35. The maximum atomic E-state index is 8.34. The lowest BCUT2D eigenvalue weighted by atomic mass is 9.87. The van der Waals surface area contributed by atoms with Gasteiger partial charge in [0.15, 0.2) is 0 Å². The second-order valence-electron chi connectivity index (χ2n) is 5.61. The summed E-state index contributed by atoms with van der Waals surface area (Å²) in [5.41, 5.74) is 0. The monoisotopic (exact) mass is 238 g/mol. The number of piperidine rings is 1. The van der Waals surface area contributed by atoms with Crippen molar-refractivity contribution in [1.82, 2.24) is 4.90 Å². The van der Waals surface area contributed by atoms with Crippen LogP contribution in [0.3, 0.4) is 0 Å². The fourth-order valence-electron chi connectivity index (χ4n) is 3.21. The Labute approximate surface area is 105 Å². The first-order valence-corrected chi connectivity index (χ1v) is 7.13. The minimum Gasteiger partial charge on any atom is -0.384 e. The summed E-state index contributed by atoms with van der Waals surface area (Å²) in [7, 11) is 1.79. The molecule has 17 heavy (non-hydrogen) atoms. The van der Waals surface area contributed by atoms with Crippen LogP contribution in [0.1, 0.15) is 44.9 Å². The molecule has 0 amide bonds. The molecule has 0 unspecified atom stereocenters. The van der Waals surface area contributed by atoms with Crippen LogP contribution in [0.2, 0.25) is 0 Å². The number of hydrogen-bond donors (Lipinski definition) is 1. The van der Waals surface area contributed by atoms with E-state index >= 15 is 0 Å². The highest BCUT2D eigenvalue weighted by Crippen LogP contribution is 2.27. The second-order valence-corrected chi connectivity index (χ2v) is 5.61. The van der Waals surface area contributed by atoms with Gasteiger partial charge in [-0.25, -0.2) is 0 Å². The van der Waals surface area contributed by atoms with Gasteiger partial charge in [0.2, 0.25) is 0 Å². The van der Waals surface area contributed by atoms with E-state index in [4.69, 9.17) is 10.1 Å². The summed E-state index contributed by atoms with van der Waals surface area (Å²) >= 11 is 0. The van der Waals surface area contributed by atoms with Crippen molar-refractivity contribution in [3.05, 3.63) is 0 Å². The van der Waals surface area contributed by atoms with E-state index in [9.17, 15) is 0 Å². The number of methoxy groups -OCH3 is 1. The lowest BCUT2D eigenvalue weighted by Gasteiger charge is -2.37. The van der Waals surface area contributed by atoms with Crippen LogP contribution in [0.5, 0.6) is 0 Å². The number of likely N-dealkylation sites (tertiary alicyclic amines) is 1. The normalized spacial score (nSPS) is 23.9. The van der Waals surface area contributed by atoms with Gasteiger partial charge in [-0.1, -0.05) is 19.3 Å². The van der Waals surface area contributed by atoms with E-state index in [0.29, 0.717) is 5.92 Å². The van der Waals surface area contributed by atoms with E-state index in [1.54, 1.807) is 7.11 Å². The highest BCUT2D eigenvalue weighted by molar-refractivity contribution is 5.81. The molecule has 0 aromatic rings. The SMILES string of the molecule is COCC1CCN(C(=N)C2CCCCC2)CC1. The molecule has 1 saturated carbocycles.